The molecular weight excluding hydrogens is 322 g/mol. The third-order valence-corrected chi connectivity index (χ3v) is 3.05. The van der Waals surface area contributed by atoms with Crippen molar-refractivity contribution >= 4 is 23.2 Å². The number of rotatable bonds is 3. The van der Waals surface area contributed by atoms with E-state index in [0.29, 0.717) is 16.9 Å². The minimum atomic E-state index is -0.512. The number of nitro groups is 1. The van der Waals surface area contributed by atoms with Gasteiger partial charge in [-0.1, -0.05) is 42.5 Å². The lowest BCUT2D eigenvalue weighted by molar-refractivity contribution is -0.384. The van der Waals surface area contributed by atoms with Crippen molar-refractivity contribution in [1.82, 2.24) is 9.97 Å². The highest BCUT2D eigenvalue weighted by molar-refractivity contribution is 6.09. The lowest BCUT2D eigenvalue weighted by Gasteiger charge is -2.00. The molecule has 25 heavy (non-hydrogen) atoms. The molecular formula is C17H15N5O3. The van der Waals surface area contributed by atoms with Crippen molar-refractivity contribution in [3.8, 4) is 0 Å². The van der Waals surface area contributed by atoms with Crippen LogP contribution < -0.4 is 11.5 Å². The molecule has 0 saturated carbocycles. The van der Waals surface area contributed by atoms with E-state index in [-0.39, 0.29) is 17.4 Å². The van der Waals surface area contributed by atoms with E-state index >= 15 is 0 Å². The summed E-state index contributed by atoms with van der Waals surface area (Å²) in [6, 6.07) is 16.0. The van der Waals surface area contributed by atoms with E-state index in [4.69, 9.17) is 11.5 Å². The van der Waals surface area contributed by atoms with Crippen LogP contribution in [0.25, 0.3) is 0 Å². The van der Waals surface area contributed by atoms with Crippen LogP contribution in [0, 0.1) is 10.1 Å². The van der Waals surface area contributed by atoms with E-state index in [2.05, 4.69) is 9.97 Å². The SMILES string of the molecule is Nc1ccnc(N)n1.O=C(c1ccccc1)c1cccc([N+](=O)[O-])c1. The summed E-state index contributed by atoms with van der Waals surface area (Å²) in [6.07, 6.45) is 1.51. The maximum Gasteiger partial charge on any atom is 0.270 e. The van der Waals surface area contributed by atoms with Crippen molar-refractivity contribution < 1.29 is 9.72 Å². The first-order valence-corrected chi connectivity index (χ1v) is 7.15. The minimum absolute atomic E-state index is 0.0771. The number of ketones is 1. The zero-order valence-electron chi connectivity index (χ0n) is 13.1. The largest absolute Gasteiger partial charge is 0.384 e. The second-order valence-corrected chi connectivity index (χ2v) is 4.84. The third-order valence-electron chi connectivity index (χ3n) is 3.05. The van der Waals surface area contributed by atoms with Gasteiger partial charge in [-0.15, -0.1) is 0 Å². The molecule has 126 valence electrons. The van der Waals surface area contributed by atoms with Gasteiger partial charge < -0.3 is 11.5 Å². The van der Waals surface area contributed by atoms with Crippen molar-refractivity contribution in [1.29, 1.82) is 0 Å². The summed E-state index contributed by atoms with van der Waals surface area (Å²) in [7, 11) is 0. The summed E-state index contributed by atoms with van der Waals surface area (Å²) in [5, 5.41) is 10.6. The summed E-state index contributed by atoms with van der Waals surface area (Å²) in [6.45, 7) is 0. The molecule has 0 radical (unpaired) electrons. The van der Waals surface area contributed by atoms with Gasteiger partial charge in [0.25, 0.3) is 5.69 Å². The second-order valence-electron chi connectivity index (χ2n) is 4.84. The molecule has 0 amide bonds. The molecule has 0 aliphatic rings. The summed E-state index contributed by atoms with van der Waals surface area (Å²) >= 11 is 0. The fraction of sp³-hybridized carbons (Fsp3) is 0. The highest BCUT2D eigenvalue weighted by atomic mass is 16.6. The standard InChI is InChI=1S/C13H9NO3.C4H6N4/c15-13(10-5-2-1-3-6-10)11-7-4-8-12(9-11)14(16)17;5-3-1-2-7-4(6)8-3/h1-9H;1-2H,(H4,5,6,7,8). The van der Waals surface area contributed by atoms with E-state index in [9.17, 15) is 14.9 Å². The van der Waals surface area contributed by atoms with Crippen molar-refractivity contribution in [2.75, 3.05) is 11.5 Å². The number of aromatic nitrogens is 2. The molecule has 3 rings (SSSR count). The van der Waals surface area contributed by atoms with Gasteiger partial charge in [0.05, 0.1) is 4.92 Å². The molecule has 1 heterocycles. The Morgan fingerprint density at radius 2 is 1.64 bits per heavy atom. The van der Waals surface area contributed by atoms with E-state index < -0.39 is 4.92 Å². The zero-order valence-corrected chi connectivity index (χ0v) is 13.1. The summed E-state index contributed by atoms with van der Waals surface area (Å²) in [5.74, 6) is 0.400. The Kier molecular flexibility index (Phi) is 5.72. The van der Waals surface area contributed by atoms with Crippen molar-refractivity contribution in [3.05, 3.63) is 88.1 Å². The molecule has 0 aliphatic heterocycles. The Hall–Kier alpha value is -3.81. The lowest BCUT2D eigenvalue weighted by atomic mass is 10.0. The molecule has 0 atom stereocenters. The number of benzene rings is 2. The molecule has 0 saturated heterocycles. The maximum absolute atomic E-state index is 12.0. The summed E-state index contributed by atoms with van der Waals surface area (Å²) in [5.41, 5.74) is 11.2. The minimum Gasteiger partial charge on any atom is -0.384 e. The van der Waals surface area contributed by atoms with Crippen LogP contribution in [-0.2, 0) is 0 Å². The second kappa shape index (κ2) is 8.16. The molecule has 0 unspecified atom stereocenters. The Balaban J connectivity index is 0.000000236. The Bertz CT molecular complexity index is 867. The molecule has 4 N–H and O–H groups in total. The number of nitrogens with two attached hydrogens (primary N) is 2. The van der Waals surface area contributed by atoms with Gasteiger partial charge >= 0.3 is 0 Å². The van der Waals surface area contributed by atoms with Crippen LogP contribution in [0.1, 0.15) is 15.9 Å². The number of non-ortho nitro benzene ring substituents is 1. The topological polar surface area (TPSA) is 138 Å². The van der Waals surface area contributed by atoms with E-state index in [1.165, 1.54) is 24.4 Å². The molecule has 0 bridgehead atoms. The lowest BCUT2D eigenvalue weighted by Crippen LogP contribution is -2.01. The average Bonchev–Trinajstić information content (AvgIpc) is 2.62. The van der Waals surface area contributed by atoms with Gasteiger partial charge in [-0.05, 0) is 6.07 Å². The molecule has 8 heteroatoms. The number of nitro benzene ring substituents is 1. The van der Waals surface area contributed by atoms with E-state index in [1.807, 2.05) is 6.07 Å². The smallest absolute Gasteiger partial charge is 0.270 e. The quantitative estimate of drug-likeness (QED) is 0.425. The van der Waals surface area contributed by atoms with Crippen LogP contribution in [0.2, 0.25) is 0 Å². The number of hydrogen-bond donors (Lipinski definition) is 2. The molecule has 8 nitrogen and oxygen atoms in total. The van der Waals surface area contributed by atoms with Crippen LogP contribution in [0.4, 0.5) is 17.5 Å². The van der Waals surface area contributed by atoms with Gasteiger partial charge in [0, 0.05) is 29.5 Å². The highest BCUT2D eigenvalue weighted by Crippen LogP contribution is 2.16. The van der Waals surface area contributed by atoms with Crippen LogP contribution in [0.3, 0.4) is 0 Å². The fourth-order valence-corrected chi connectivity index (χ4v) is 1.91. The summed E-state index contributed by atoms with van der Waals surface area (Å²) in [4.78, 5) is 29.3. The van der Waals surface area contributed by atoms with E-state index in [0.717, 1.165) is 0 Å². The molecule has 1 aromatic heterocycles. The van der Waals surface area contributed by atoms with Crippen molar-refractivity contribution in [3.63, 3.8) is 0 Å². The van der Waals surface area contributed by atoms with Gasteiger partial charge in [-0.2, -0.15) is 4.98 Å². The molecule has 0 aliphatic carbocycles. The first kappa shape index (κ1) is 17.5. The number of hydrogen-bond acceptors (Lipinski definition) is 7. The first-order valence-electron chi connectivity index (χ1n) is 7.15. The zero-order chi connectivity index (χ0) is 18.2. The number of carbonyl (C=O) groups excluding carboxylic acids is 1. The number of carbonyl (C=O) groups is 1. The summed E-state index contributed by atoms with van der Waals surface area (Å²) < 4.78 is 0. The van der Waals surface area contributed by atoms with Gasteiger partial charge in [-0.3, -0.25) is 14.9 Å². The number of nitrogens with zero attached hydrogens (tertiary/aromatic N) is 3. The average molecular weight is 337 g/mol. The van der Waals surface area contributed by atoms with Gasteiger partial charge in [0.2, 0.25) is 5.95 Å². The van der Waals surface area contributed by atoms with Crippen LogP contribution in [0.5, 0.6) is 0 Å². The number of nitrogen functional groups attached to an aromatic ring is 2. The Labute approximate surface area is 143 Å². The van der Waals surface area contributed by atoms with Crippen LogP contribution in [0.15, 0.2) is 66.9 Å². The predicted octanol–water partition coefficient (Wildman–Crippen LogP) is 2.47. The molecule has 0 spiro atoms. The monoisotopic (exact) mass is 337 g/mol. The fourth-order valence-electron chi connectivity index (χ4n) is 1.91. The Morgan fingerprint density at radius 3 is 2.20 bits per heavy atom. The van der Waals surface area contributed by atoms with Gasteiger partial charge in [0.15, 0.2) is 5.78 Å². The molecule has 2 aromatic carbocycles. The third kappa shape index (κ3) is 5.10. The number of anilines is 2. The maximum atomic E-state index is 12.0. The Morgan fingerprint density at radius 1 is 0.960 bits per heavy atom. The van der Waals surface area contributed by atoms with E-state index in [1.54, 1.807) is 36.4 Å². The highest BCUT2D eigenvalue weighted by Gasteiger charge is 2.12. The molecule has 3 aromatic rings. The predicted molar refractivity (Wildman–Crippen MR) is 93.8 cm³/mol. The van der Waals surface area contributed by atoms with Crippen LogP contribution in [-0.4, -0.2) is 20.7 Å². The van der Waals surface area contributed by atoms with Crippen molar-refractivity contribution in [2.24, 2.45) is 0 Å². The van der Waals surface area contributed by atoms with Crippen molar-refractivity contribution in [2.45, 2.75) is 0 Å². The normalized spacial score (nSPS) is 9.60. The van der Waals surface area contributed by atoms with Gasteiger partial charge in [0.1, 0.15) is 5.82 Å². The molecule has 0 fully saturated rings. The first-order chi connectivity index (χ1) is 12.0. The van der Waals surface area contributed by atoms with Gasteiger partial charge in [-0.25, -0.2) is 4.98 Å². The van der Waals surface area contributed by atoms with Crippen LogP contribution >= 0.6 is 0 Å².